The van der Waals surface area contributed by atoms with Gasteiger partial charge in [-0.15, -0.1) is 0 Å². The van der Waals surface area contributed by atoms with Crippen LogP contribution in [-0.4, -0.2) is 5.91 Å². The average molecular weight is 258 g/mol. The van der Waals surface area contributed by atoms with E-state index in [1.165, 1.54) is 6.07 Å². The maximum absolute atomic E-state index is 11.8. The van der Waals surface area contributed by atoms with Crippen molar-refractivity contribution in [1.82, 2.24) is 0 Å². The molecule has 1 aromatic carbocycles. The average Bonchev–Trinajstić information content (AvgIpc) is 2.34. The van der Waals surface area contributed by atoms with Gasteiger partial charge in [0.05, 0.1) is 12.0 Å². The lowest BCUT2D eigenvalue weighted by molar-refractivity contribution is -0.117. The number of fused-ring (bicyclic) bond motifs is 1. The van der Waals surface area contributed by atoms with Crippen molar-refractivity contribution in [1.29, 1.82) is 0 Å². The van der Waals surface area contributed by atoms with Gasteiger partial charge in [0.15, 0.2) is 0 Å². The SMILES string of the molecule is Cc1c(CC(N)=O)c(=O)oc2cc(N=[N+]=[N-])ccc12. The third-order valence-electron chi connectivity index (χ3n) is 2.78. The van der Waals surface area contributed by atoms with Crippen LogP contribution in [0.5, 0.6) is 0 Å². The molecule has 0 fully saturated rings. The first-order chi connectivity index (χ1) is 9.02. The smallest absolute Gasteiger partial charge is 0.340 e. The summed E-state index contributed by atoms with van der Waals surface area (Å²) in [5, 5.41) is 4.11. The second-order valence-electron chi connectivity index (χ2n) is 4.01. The van der Waals surface area contributed by atoms with E-state index in [0.29, 0.717) is 22.2 Å². The third kappa shape index (κ3) is 2.41. The number of aryl methyl sites for hydroxylation is 1. The Balaban J connectivity index is 2.72. The molecule has 1 heterocycles. The zero-order valence-corrected chi connectivity index (χ0v) is 10.1. The fourth-order valence-electron chi connectivity index (χ4n) is 1.88. The highest BCUT2D eigenvalue weighted by Gasteiger charge is 2.13. The standard InChI is InChI=1S/C12H10N4O3/c1-6-8-3-2-7(15-16-14)4-10(8)19-12(18)9(6)5-11(13)17/h2-4H,5H2,1H3,(H2,13,17). The van der Waals surface area contributed by atoms with E-state index >= 15 is 0 Å². The first kappa shape index (κ1) is 12.7. The van der Waals surface area contributed by atoms with Gasteiger partial charge in [-0.25, -0.2) is 4.79 Å². The van der Waals surface area contributed by atoms with Crippen LogP contribution in [0.25, 0.3) is 21.4 Å². The van der Waals surface area contributed by atoms with Crippen LogP contribution in [0, 0.1) is 6.92 Å². The molecule has 0 saturated carbocycles. The molecule has 0 spiro atoms. The fourth-order valence-corrected chi connectivity index (χ4v) is 1.88. The summed E-state index contributed by atoms with van der Waals surface area (Å²) in [7, 11) is 0. The lowest BCUT2D eigenvalue weighted by atomic mass is 10.0. The number of carbonyl (C=O) groups excluding carboxylic acids is 1. The quantitative estimate of drug-likeness (QED) is 0.392. The minimum absolute atomic E-state index is 0.164. The van der Waals surface area contributed by atoms with Crippen LogP contribution in [0.3, 0.4) is 0 Å². The van der Waals surface area contributed by atoms with Crippen LogP contribution in [0.15, 0.2) is 32.5 Å². The van der Waals surface area contributed by atoms with Crippen molar-refractivity contribution in [2.45, 2.75) is 13.3 Å². The van der Waals surface area contributed by atoms with Gasteiger partial charge in [0, 0.05) is 16.0 Å². The monoisotopic (exact) mass is 258 g/mol. The molecule has 7 nitrogen and oxygen atoms in total. The number of nitrogens with two attached hydrogens (primary N) is 1. The highest BCUT2D eigenvalue weighted by molar-refractivity contribution is 5.85. The largest absolute Gasteiger partial charge is 0.422 e. The minimum Gasteiger partial charge on any atom is -0.422 e. The number of rotatable bonds is 3. The van der Waals surface area contributed by atoms with Gasteiger partial charge in [0.25, 0.3) is 0 Å². The second kappa shape index (κ2) is 4.83. The molecule has 2 aromatic rings. The van der Waals surface area contributed by atoms with Crippen LogP contribution in [0.2, 0.25) is 0 Å². The summed E-state index contributed by atoms with van der Waals surface area (Å²) in [6.07, 6.45) is -0.164. The van der Waals surface area contributed by atoms with E-state index < -0.39 is 11.5 Å². The summed E-state index contributed by atoms with van der Waals surface area (Å²) in [5.41, 5.74) is 14.4. The predicted molar refractivity (Wildman–Crippen MR) is 68.9 cm³/mol. The van der Waals surface area contributed by atoms with Gasteiger partial charge >= 0.3 is 5.63 Å². The van der Waals surface area contributed by atoms with E-state index in [1.807, 2.05) is 0 Å². The van der Waals surface area contributed by atoms with Gasteiger partial charge in [-0.3, -0.25) is 4.79 Å². The molecule has 0 radical (unpaired) electrons. The highest BCUT2D eigenvalue weighted by atomic mass is 16.4. The summed E-state index contributed by atoms with van der Waals surface area (Å²) < 4.78 is 5.11. The maximum Gasteiger partial charge on any atom is 0.340 e. The molecule has 1 aromatic heterocycles. The van der Waals surface area contributed by atoms with Crippen LogP contribution < -0.4 is 11.4 Å². The fraction of sp³-hybridized carbons (Fsp3) is 0.167. The molecular weight excluding hydrogens is 248 g/mol. The Morgan fingerprint density at radius 2 is 2.26 bits per heavy atom. The van der Waals surface area contributed by atoms with Crippen molar-refractivity contribution in [3.05, 3.63) is 50.2 Å². The van der Waals surface area contributed by atoms with Gasteiger partial charge in [0.2, 0.25) is 5.91 Å². The van der Waals surface area contributed by atoms with E-state index in [2.05, 4.69) is 10.0 Å². The number of amides is 1. The molecular formula is C12H10N4O3. The van der Waals surface area contributed by atoms with Gasteiger partial charge in [0.1, 0.15) is 5.58 Å². The third-order valence-corrected chi connectivity index (χ3v) is 2.78. The molecule has 0 aliphatic carbocycles. The Labute approximate surface area is 107 Å². The van der Waals surface area contributed by atoms with Crippen LogP contribution in [0.1, 0.15) is 11.1 Å². The topological polar surface area (TPSA) is 122 Å². The summed E-state index contributed by atoms with van der Waals surface area (Å²) in [4.78, 5) is 25.4. The zero-order valence-electron chi connectivity index (χ0n) is 10.1. The molecule has 2 N–H and O–H groups in total. The summed E-state index contributed by atoms with van der Waals surface area (Å²) in [6.45, 7) is 1.71. The minimum atomic E-state index is -0.609. The normalized spacial score (nSPS) is 10.2. The van der Waals surface area contributed by atoms with Crippen molar-refractivity contribution in [3.63, 3.8) is 0 Å². The number of primary amides is 1. The van der Waals surface area contributed by atoms with Crippen molar-refractivity contribution >= 4 is 22.6 Å². The van der Waals surface area contributed by atoms with Crippen LogP contribution in [-0.2, 0) is 11.2 Å². The first-order valence-corrected chi connectivity index (χ1v) is 5.42. The molecule has 1 amide bonds. The Bertz CT molecular complexity index is 772. The number of azide groups is 1. The molecule has 96 valence electrons. The predicted octanol–water partition coefficient (Wildman–Crippen LogP) is 2.07. The Hall–Kier alpha value is -2.79. The number of hydrogen-bond acceptors (Lipinski definition) is 4. The molecule has 0 aliphatic heterocycles. The summed E-state index contributed by atoms with van der Waals surface area (Å²) in [6, 6.07) is 4.74. The molecule has 0 unspecified atom stereocenters. The van der Waals surface area contributed by atoms with Crippen LogP contribution in [0.4, 0.5) is 5.69 Å². The van der Waals surface area contributed by atoms with Gasteiger partial charge in [-0.2, -0.15) is 0 Å². The van der Waals surface area contributed by atoms with Gasteiger partial charge in [-0.05, 0) is 24.1 Å². The molecule has 0 bridgehead atoms. The number of nitrogens with zero attached hydrogens (tertiary/aromatic N) is 3. The van der Waals surface area contributed by atoms with E-state index in [-0.39, 0.29) is 12.0 Å². The molecule has 19 heavy (non-hydrogen) atoms. The summed E-state index contributed by atoms with van der Waals surface area (Å²) >= 11 is 0. The number of benzene rings is 1. The second-order valence-corrected chi connectivity index (χ2v) is 4.01. The van der Waals surface area contributed by atoms with Crippen molar-refractivity contribution in [3.8, 4) is 0 Å². The van der Waals surface area contributed by atoms with E-state index in [1.54, 1.807) is 19.1 Å². The van der Waals surface area contributed by atoms with Crippen molar-refractivity contribution < 1.29 is 9.21 Å². The zero-order chi connectivity index (χ0) is 14.0. The van der Waals surface area contributed by atoms with Gasteiger partial charge < -0.3 is 10.2 Å². The molecule has 0 atom stereocenters. The molecule has 0 saturated heterocycles. The van der Waals surface area contributed by atoms with E-state index in [4.69, 9.17) is 15.7 Å². The Kier molecular flexibility index (Phi) is 3.22. The molecule has 0 aliphatic rings. The molecule has 2 rings (SSSR count). The highest BCUT2D eigenvalue weighted by Crippen LogP contribution is 2.24. The Morgan fingerprint density at radius 3 is 2.89 bits per heavy atom. The lowest BCUT2D eigenvalue weighted by Crippen LogP contribution is -2.20. The van der Waals surface area contributed by atoms with Crippen molar-refractivity contribution in [2.75, 3.05) is 0 Å². The van der Waals surface area contributed by atoms with E-state index in [9.17, 15) is 9.59 Å². The number of carbonyl (C=O) groups is 1. The number of hydrogen-bond donors (Lipinski definition) is 1. The van der Waals surface area contributed by atoms with Gasteiger partial charge in [-0.1, -0.05) is 17.2 Å². The maximum atomic E-state index is 11.8. The summed E-state index contributed by atoms with van der Waals surface area (Å²) in [5.74, 6) is -0.597. The van der Waals surface area contributed by atoms with Crippen molar-refractivity contribution in [2.24, 2.45) is 10.8 Å². The van der Waals surface area contributed by atoms with E-state index in [0.717, 1.165) is 0 Å². The lowest BCUT2D eigenvalue weighted by Gasteiger charge is -2.06. The first-order valence-electron chi connectivity index (χ1n) is 5.42. The Morgan fingerprint density at radius 1 is 1.53 bits per heavy atom. The molecule has 7 heteroatoms. The van der Waals surface area contributed by atoms with Crippen LogP contribution >= 0.6 is 0 Å².